The molecule has 0 radical (unpaired) electrons. The average molecular weight is 369 g/mol. The second kappa shape index (κ2) is 8.86. The Labute approximate surface area is 157 Å². The predicted molar refractivity (Wildman–Crippen MR) is 102 cm³/mol. The van der Waals surface area contributed by atoms with Crippen molar-refractivity contribution in [2.75, 3.05) is 5.32 Å². The van der Waals surface area contributed by atoms with Crippen LogP contribution in [0, 0.1) is 17.2 Å². The van der Waals surface area contributed by atoms with E-state index in [2.05, 4.69) is 26.6 Å². The first-order valence-corrected chi connectivity index (χ1v) is 9.91. The predicted octanol–water partition coefficient (Wildman–Crippen LogP) is 3.92. The van der Waals surface area contributed by atoms with Gasteiger partial charge in [-0.1, -0.05) is 49.6 Å². The van der Waals surface area contributed by atoms with Gasteiger partial charge in [-0.3, -0.25) is 9.89 Å². The van der Waals surface area contributed by atoms with Gasteiger partial charge >= 0.3 is 0 Å². The van der Waals surface area contributed by atoms with Crippen LogP contribution < -0.4 is 5.32 Å². The number of aryl methyl sites for hydroxylation is 1. The van der Waals surface area contributed by atoms with E-state index in [0.717, 1.165) is 24.6 Å². The van der Waals surface area contributed by atoms with Crippen LogP contribution in [0.25, 0.3) is 0 Å². The van der Waals surface area contributed by atoms with Crippen molar-refractivity contribution in [1.29, 1.82) is 5.26 Å². The van der Waals surface area contributed by atoms with Gasteiger partial charge in [-0.15, -0.1) is 5.10 Å². The summed E-state index contributed by atoms with van der Waals surface area (Å²) in [6, 6.07) is 9.05. The van der Waals surface area contributed by atoms with Gasteiger partial charge in [0.2, 0.25) is 11.1 Å². The Morgan fingerprint density at radius 1 is 1.42 bits per heavy atom. The number of aromatic nitrogens is 3. The third-order valence-corrected chi connectivity index (χ3v) is 5.69. The molecule has 1 heterocycles. The zero-order valence-electron chi connectivity index (χ0n) is 14.9. The number of aromatic amines is 1. The van der Waals surface area contributed by atoms with Gasteiger partial charge in [0.15, 0.2) is 0 Å². The molecule has 1 aromatic heterocycles. The SMILES string of the molecule is C[C@@H](Sc1n[nH]c(CCC2CCCC2)n1)C(=O)Nc1ccccc1C#N. The number of H-pyrrole nitrogens is 1. The largest absolute Gasteiger partial charge is 0.324 e. The molecule has 1 atom stereocenters. The van der Waals surface area contributed by atoms with Crippen molar-refractivity contribution in [3.8, 4) is 6.07 Å². The summed E-state index contributed by atoms with van der Waals surface area (Å²) in [6.45, 7) is 1.81. The monoisotopic (exact) mass is 369 g/mol. The van der Waals surface area contributed by atoms with Crippen LogP contribution in [0.3, 0.4) is 0 Å². The number of nitrogens with zero attached hydrogens (tertiary/aromatic N) is 3. The minimum Gasteiger partial charge on any atom is -0.324 e. The molecule has 1 amide bonds. The van der Waals surface area contributed by atoms with Gasteiger partial charge in [0, 0.05) is 6.42 Å². The zero-order valence-corrected chi connectivity index (χ0v) is 15.7. The molecule has 26 heavy (non-hydrogen) atoms. The van der Waals surface area contributed by atoms with Crippen LogP contribution >= 0.6 is 11.8 Å². The highest BCUT2D eigenvalue weighted by Crippen LogP contribution is 2.28. The van der Waals surface area contributed by atoms with Crippen molar-refractivity contribution < 1.29 is 4.79 Å². The lowest BCUT2D eigenvalue weighted by Crippen LogP contribution is -2.23. The molecule has 3 rings (SSSR count). The molecular weight excluding hydrogens is 346 g/mol. The Kier molecular flexibility index (Phi) is 6.29. The van der Waals surface area contributed by atoms with Crippen LogP contribution in [0.2, 0.25) is 0 Å². The summed E-state index contributed by atoms with van der Waals surface area (Å²) in [4.78, 5) is 16.9. The van der Waals surface area contributed by atoms with Crippen molar-refractivity contribution in [3.63, 3.8) is 0 Å². The number of rotatable bonds is 7. The third kappa shape index (κ3) is 4.85. The number of hydrogen-bond donors (Lipinski definition) is 2. The average Bonchev–Trinajstić information content (AvgIpc) is 3.32. The fraction of sp³-hybridized carbons (Fsp3) is 0.474. The smallest absolute Gasteiger partial charge is 0.237 e. The highest BCUT2D eigenvalue weighted by Gasteiger charge is 2.19. The van der Waals surface area contributed by atoms with E-state index < -0.39 is 0 Å². The summed E-state index contributed by atoms with van der Waals surface area (Å²) < 4.78 is 0. The van der Waals surface area contributed by atoms with E-state index in [1.54, 1.807) is 24.3 Å². The quantitative estimate of drug-likeness (QED) is 0.721. The lowest BCUT2D eigenvalue weighted by Gasteiger charge is -2.11. The van der Waals surface area contributed by atoms with Crippen molar-refractivity contribution in [3.05, 3.63) is 35.7 Å². The topological polar surface area (TPSA) is 94.5 Å². The van der Waals surface area contributed by atoms with Crippen molar-refractivity contribution >= 4 is 23.4 Å². The van der Waals surface area contributed by atoms with Crippen LogP contribution in [0.4, 0.5) is 5.69 Å². The van der Waals surface area contributed by atoms with Gasteiger partial charge in [0.25, 0.3) is 0 Å². The maximum absolute atomic E-state index is 12.4. The molecule has 2 N–H and O–H groups in total. The van der Waals surface area contributed by atoms with Gasteiger partial charge in [0.1, 0.15) is 11.9 Å². The van der Waals surface area contributed by atoms with Crippen LogP contribution in [0.5, 0.6) is 0 Å². The molecule has 1 aliphatic rings. The number of nitriles is 1. The molecule has 1 fully saturated rings. The molecule has 0 saturated heterocycles. The van der Waals surface area contributed by atoms with Gasteiger partial charge in [-0.05, 0) is 31.4 Å². The molecule has 6 nitrogen and oxygen atoms in total. The molecule has 136 valence electrons. The summed E-state index contributed by atoms with van der Waals surface area (Å²) in [5, 5.41) is 19.3. The number of para-hydroxylation sites is 1. The fourth-order valence-corrected chi connectivity index (χ4v) is 3.96. The first-order chi connectivity index (χ1) is 12.7. The Hall–Kier alpha value is -2.33. The number of thioether (sulfide) groups is 1. The lowest BCUT2D eigenvalue weighted by molar-refractivity contribution is -0.115. The number of hydrogen-bond acceptors (Lipinski definition) is 5. The molecule has 0 spiro atoms. The minimum atomic E-state index is -0.361. The van der Waals surface area contributed by atoms with E-state index in [1.807, 2.05) is 6.92 Å². The first-order valence-electron chi connectivity index (χ1n) is 9.03. The first kappa shape index (κ1) is 18.5. The molecule has 0 bridgehead atoms. The Bertz CT molecular complexity index is 791. The molecule has 1 aromatic carbocycles. The second-order valence-electron chi connectivity index (χ2n) is 6.66. The Balaban J connectivity index is 1.51. The van der Waals surface area contributed by atoms with Gasteiger partial charge in [0.05, 0.1) is 16.5 Å². The number of carbonyl (C=O) groups excluding carboxylic acids is 1. The van der Waals surface area contributed by atoms with Crippen LogP contribution in [-0.2, 0) is 11.2 Å². The van der Waals surface area contributed by atoms with Crippen LogP contribution in [0.15, 0.2) is 29.4 Å². The fourth-order valence-electron chi connectivity index (χ4n) is 3.22. The van der Waals surface area contributed by atoms with Crippen molar-refractivity contribution in [2.45, 2.75) is 55.9 Å². The van der Waals surface area contributed by atoms with Crippen LogP contribution in [0.1, 0.15) is 50.4 Å². The van der Waals surface area contributed by atoms with E-state index in [9.17, 15) is 4.79 Å². The lowest BCUT2D eigenvalue weighted by atomic mass is 10.0. The Morgan fingerprint density at radius 2 is 2.19 bits per heavy atom. The van der Waals surface area contributed by atoms with Gasteiger partial charge in [-0.25, -0.2) is 4.98 Å². The highest BCUT2D eigenvalue weighted by atomic mass is 32.2. The zero-order chi connectivity index (χ0) is 18.4. The summed E-state index contributed by atoms with van der Waals surface area (Å²) in [5.74, 6) is 1.54. The summed E-state index contributed by atoms with van der Waals surface area (Å²) >= 11 is 1.31. The van der Waals surface area contributed by atoms with E-state index >= 15 is 0 Å². The number of carbonyl (C=O) groups is 1. The highest BCUT2D eigenvalue weighted by molar-refractivity contribution is 8.00. The molecule has 7 heteroatoms. The van der Waals surface area contributed by atoms with Crippen molar-refractivity contribution in [2.24, 2.45) is 5.92 Å². The maximum atomic E-state index is 12.4. The summed E-state index contributed by atoms with van der Waals surface area (Å²) in [6.07, 6.45) is 7.43. The molecule has 0 aliphatic heterocycles. The molecule has 1 aliphatic carbocycles. The van der Waals surface area contributed by atoms with E-state index in [0.29, 0.717) is 16.4 Å². The van der Waals surface area contributed by atoms with E-state index in [-0.39, 0.29) is 11.2 Å². The normalized spacial score (nSPS) is 15.5. The maximum Gasteiger partial charge on any atom is 0.237 e. The summed E-state index contributed by atoms with van der Waals surface area (Å²) in [7, 11) is 0. The third-order valence-electron chi connectivity index (χ3n) is 4.73. The number of amides is 1. The molecule has 0 unspecified atom stereocenters. The van der Waals surface area contributed by atoms with Gasteiger partial charge in [-0.2, -0.15) is 5.26 Å². The Morgan fingerprint density at radius 3 is 2.96 bits per heavy atom. The number of benzene rings is 1. The van der Waals surface area contributed by atoms with Crippen LogP contribution in [-0.4, -0.2) is 26.3 Å². The second-order valence-corrected chi connectivity index (χ2v) is 7.97. The summed E-state index contributed by atoms with van der Waals surface area (Å²) in [5.41, 5.74) is 0.977. The molecular formula is C19H23N5OS. The van der Waals surface area contributed by atoms with E-state index in [1.165, 1.54) is 37.4 Å². The molecule has 1 saturated carbocycles. The minimum absolute atomic E-state index is 0.171. The number of nitrogens with one attached hydrogen (secondary N) is 2. The van der Waals surface area contributed by atoms with Crippen molar-refractivity contribution in [1.82, 2.24) is 15.2 Å². The van der Waals surface area contributed by atoms with Gasteiger partial charge < -0.3 is 5.32 Å². The standard InChI is InChI=1S/C19H23N5OS/c1-13(18(25)21-16-9-5-4-8-15(16)12-20)26-19-22-17(23-24-19)11-10-14-6-2-3-7-14/h4-5,8-9,13-14H,2-3,6-7,10-11H2,1H3,(H,21,25)(H,22,23,24)/t13-/m1/s1. The van der Waals surface area contributed by atoms with E-state index in [4.69, 9.17) is 5.26 Å². The number of anilines is 1. The molecule has 2 aromatic rings.